The fraction of sp³-hybridized carbons (Fsp3) is 0.667. The van der Waals surface area contributed by atoms with E-state index in [4.69, 9.17) is 10.5 Å². The van der Waals surface area contributed by atoms with Crippen LogP contribution in [-0.4, -0.2) is 19.8 Å². The summed E-state index contributed by atoms with van der Waals surface area (Å²) in [6.45, 7) is 3.71. The van der Waals surface area contributed by atoms with E-state index in [1.54, 1.807) is 6.08 Å². The van der Waals surface area contributed by atoms with Gasteiger partial charge in [0.05, 0.1) is 6.61 Å². The van der Waals surface area contributed by atoms with Crippen LogP contribution in [0.4, 0.5) is 0 Å². The molecule has 0 aliphatic carbocycles. The number of ether oxygens (including phenoxy) is 1. The van der Waals surface area contributed by atoms with E-state index < -0.39 is 0 Å². The van der Waals surface area contributed by atoms with Crippen LogP contribution in [0.15, 0.2) is 12.2 Å². The SMILES string of the molecule is CCOC/C=C/C[NH]. The Kier molecular flexibility index (Phi) is 6.38. The molecule has 0 aliphatic heterocycles. The lowest BCUT2D eigenvalue weighted by molar-refractivity contribution is 0.177. The minimum atomic E-state index is 0.354. The molecule has 0 bridgehead atoms. The number of rotatable bonds is 4. The molecule has 0 saturated carbocycles. The van der Waals surface area contributed by atoms with Crippen molar-refractivity contribution in [3.63, 3.8) is 0 Å². The zero-order valence-electron chi connectivity index (χ0n) is 5.18. The number of hydrogen-bond acceptors (Lipinski definition) is 1. The molecular formula is C6H12NO. The first-order valence-electron chi connectivity index (χ1n) is 2.79. The molecule has 0 amide bonds. The Hall–Kier alpha value is -0.340. The lowest BCUT2D eigenvalue weighted by Gasteiger charge is -1.90. The van der Waals surface area contributed by atoms with Crippen molar-refractivity contribution < 1.29 is 4.74 Å². The molecule has 0 fully saturated rings. The Bertz CT molecular complexity index is 61.5. The van der Waals surface area contributed by atoms with Gasteiger partial charge in [0.1, 0.15) is 0 Å². The highest BCUT2D eigenvalue weighted by molar-refractivity contribution is 4.81. The summed E-state index contributed by atoms with van der Waals surface area (Å²) in [6.07, 6.45) is 3.63. The third-order valence-corrected chi connectivity index (χ3v) is 0.703. The Balaban J connectivity index is 2.80. The maximum absolute atomic E-state index is 6.70. The van der Waals surface area contributed by atoms with Gasteiger partial charge in [-0.05, 0) is 6.92 Å². The summed E-state index contributed by atoms with van der Waals surface area (Å²) in [5.74, 6) is 0. The van der Waals surface area contributed by atoms with Crippen molar-refractivity contribution in [2.24, 2.45) is 0 Å². The van der Waals surface area contributed by atoms with Crippen LogP contribution in [0.1, 0.15) is 6.92 Å². The highest BCUT2D eigenvalue weighted by atomic mass is 16.5. The third kappa shape index (κ3) is 5.66. The molecule has 2 heteroatoms. The van der Waals surface area contributed by atoms with Crippen molar-refractivity contribution in [1.82, 2.24) is 5.73 Å². The molecule has 0 unspecified atom stereocenters. The molecule has 0 aliphatic rings. The molecule has 0 aromatic carbocycles. The third-order valence-electron chi connectivity index (χ3n) is 0.703. The van der Waals surface area contributed by atoms with Crippen LogP contribution in [0, 0.1) is 0 Å². The highest BCUT2D eigenvalue weighted by Gasteiger charge is 1.72. The van der Waals surface area contributed by atoms with Crippen molar-refractivity contribution in [2.75, 3.05) is 19.8 Å². The predicted octanol–water partition coefficient (Wildman–Crippen LogP) is 0.862. The van der Waals surface area contributed by atoms with Crippen molar-refractivity contribution in [2.45, 2.75) is 6.92 Å². The van der Waals surface area contributed by atoms with Gasteiger partial charge in [-0.3, -0.25) is 5.73 Å². The quantitative estimate of drug-likeness (QED) is 0.394. The minimum Gasteiger partial charge on any atom is -0.378 e. The molecule has 47 valence electrons. The van der Waals surface area contributed by atoms with E-state index in [-0.39, 0.29) is 0 Å². The maximum Gasteiger partial charge on any atom is 0.0647 e. The molecule has 0 saturated heterocycles. The number of nitrogens with one attached hydrogen (secondary N) is 1. The van der Waals surface area contributed by atoms with Gasteiger partial charge >= 0.3 is 0 Å². The van der Waals surface area contributed by atoms with E-state index in [1.165, 1.54) is 0 Å². The molecule has 0 rings (SSSR count). The van der Waals surface area contributed by atoms with Gasteiger partial charge in [-0.1, -0.05) is 12.2 Å². The Morgan fingerprint density at radius 2 is 2.25 bits per heavy atom. The Morgan fingerprint density at radius 3 is 2.75 bits per heavy atom. The van der Waals surface area contributed by atoms with Crippen LogP contribution in [0.5, 0.6) is 0 Å². The van der Waals surface area contributed by atoms with Gasteiger partial charge < -0.3 is 4.74 Å². The zero-order chi connectivity index (χ0) is 6.24. The molecule has 0 atom stereocenters. The van der Waals surface area contributed by atoms with E-state index in [9.17, 15) is 0 Å². The standard InChI is InChI=1S/C6H12NO/c1-2-8-6-4-3-5-7/h3-4,7H,2,5-6H2,1H3/b4-3+. The second-order valence-corrected chi connectivity index (χ2v) is 1.33. The molecular weight excluding hydrogens is 102 g/mol. The van der Waals surface area contributed by atoms with Crippen molar-refractivity contribution in [3.8, 4) is 0 Å². The van der Waals surface area contributed by atoms with Crippen LogP contribution >= 0.6 is 0 Å². The first-order chi connectivity index (χ1) is 3.91. The average Bonchev–Trinajstić information content (AvgIpc) is 1.81. The second-order valence-electron chi connectivity index (χ2n) is 1.33. The van der Waals surface area contributed by atoms with Crippen LogP contribution in [-0.2, 0) is 4.74 Å². The monoisotopic (exact) mass is 114 g/mol. The fourth-order valence-electron chi connectivity index (χ4n) is 0.337. The molecule has 0 spiro atoms. The average molecular weight is 114 g/mol. The first-order valence-corrected chi connectivity index (χ1v) is 2.79. The van der Waals surface area contributed by atoms with E-state index in [2.05, 4.69) is 0 Å². The highest BCUT2D eigenvalue weighted by Crippen LogP contribution is 1.74. The Labute approximate surface area is 50.3 Å². The smallest absolute Gasteiger partial charge is 0.0647 e. The van der Waals surface area contributed by atoms with Crippen molar-refractivity contribution in [1.29, 1.82) is 0 Å². The summed E-state index contributed by atoms with van der Waals surface area (Å²) >= 11 is 0. The summed E-state index contributed by atoms with van der Waals surface area (Å²) in [6, 6.07) is 0. The van der Waals surface area contributed by atoms with E-state index in [1.807, 2.05) is 13.0 Å². The van der Waals surface area contributed by atoms with Gasteiger partial charge in [0.25, 0.3) is 0 Å². The van der Waals surface area contributed by atoms with Gasteiger partial charge in [-0.2, -0.15) is 0 Å². The normalized spacial score (nSPS) is 10.8. The van der Waals surface area contributed by atoms with Crippen molar-refractivity contribution in [3.05, 3.63) is 12.2 Å². The summed E-state index contributed by atoms with van der Waals surface area (Å²) < 4.78 is 4.97. The van der Waals surface area contributed by atoms with Crippen molar-refractivity contribution >= 4 is 0 Å². The topological polar surface area (TPSA) is 33.0 Å². The van der Waals surface area contributed by atoms with E-state index >= 15 is 0 Å². The summed E-state index contributed by atoms with van der Waals surface area (Å²) in [7, 11) is 0. The molecule has 0 aromatic rings. The van der Waals surface area contributed by atoms with Crippen LogP contribution in [0.25, 0.3) is 0 Å². The van der Waals surface area contributed by atoms with Crippen LogP contribution in [0.3, 0.4) is 0 Å². The first kappa shape index (κ1) is 7.66. The summed E-state index contributed by atoms with van der Waals surface area (Å²) in [5, 5.41) is 0. The van der Waals surface area contributed by atoms with Crippen LogP contribution < -0.4 is 5.73 Å². The predicted molar refractivity (Wildman–Crippen MR) is 33.6 cm³/mol. The molecule has 2 nitrogen and oxygen atoms in total. The largest absolute Gasteiger partial charge is 0.378 e. The minimum absolute atomic E-state index is 0.354. The summed E-state index contributed by atoms with van der Waals surface area (Å²) in [4.78, 5) is 0. The fourth-order valence-corrected chi connectivity index (χ4v) is 0.337. The molecule has 1 N–H and O–H groups in total. The van der Waals surface area contributed by atoms with Crippen LogP contribution in [0.2, 0.25) is 0 Å². The lowest BCUT2D eigenvalue weighted by Crippen LogP contribution is -1.88. The summed E-state index contributed by atoms with van der Waals surface area (Å²) in [5.41, 5.74) is 6.70. The second kappa shape index (κ2) is 6.66. The maximum atomic E-state index is 6.70. The molecule has 0 aromatic heterocycles. The van der Waals surface area contributed by atoms with E-state index in [0.717, 1.165) is 6.61 Å². The molecule has 1 radical (unpaired) electrons. The molecule has 0 heterocycles. The van der Waals surface area contributed by atoms with Gasteiger partial charge in [-0.15, -0.1) is 0 Å². The van der Waals surface area contributed by atoms with Gasteiger partial charge in [-0.25, -0.2) is 0 Å². The number of hydrogen-bond donors (Lipinski definition) is 0. The van der Waals surface area contributed by atoms with E-state index in [0.29, 0.717) is 13.2 Å². The van der Waals surface area contributed by atoms with Gasteiger partial charge in [0.2, 0.25) is 0 Å². The van der Waals surface area contributed by atoms with Gasteiger partial charge in [0, 0.05) is 13.2 Å². The molecule has 8 heavy (non-hydrogen) atoms. The zero-order valence-corrected chi connectivity index (χ0v) is 5.18. The Morgan fingerprint density at radius 1 is 1.50 bits per heavy atom. The lowest BCUT2D eigenvalue weighted by atomic mass is 10.5. The van der Waals surface area contributed by atoms with Gasteiger partial charge in [0.15, 0.2) is 0 Å².